The number of carbonyl (C=O) groups excluding carboxylic acids is 2. The number of hydrogen-bond donors (Lipinski definition) is 1. The van der Waals surface area contributed by atoms with Gasteiger partial charge in [0.05, 0.1) is 19.2 Å². The average molecular weight is 464 g/mol. The standard InChI is InChI=1S/C26H29N3O3S/c1-26(25(31)27-18-7-4-5-8-18)16-28-22-15-20(32-2)12-11-17(22)13-23(28)24(30)29(26)19-9-6-10-21(14-19)33-3/h6,9-15,18H,4-5,7-8,16H2,1-3H3,(H,27,31). The van der Waals surface area contributed by atoms with Gasteiger partial charge in [-0.1, -0.05) is 18.9 Å². The molecule has 2 aromatic carbocycles. The highest BCUT2D eigenvalue weighted by molar-refractivity contribution is 7.98. The van der Waals surface area contributed by atoms with Crippen molar-refractivity contribution in [2.45, 2.75) is 55.6 Å². The van der Waals surface area contributed by atoms with E-state index in [2.05, 4.69) is 5.32 Å². The molecule has 1 saturated carbocycles. The quantitative estimate of drug-likeness (QED) is 0.550. The zero-order valence-corrected chi connectivity index (χ0v) is 20.1. The number of nitrogens with zero attached hydrogens (tertiary/aromatic N) is 2. The minimum atomic E-state index is -1.07. The Balaban J connectivity index is 1.65. The summed E-state index contributed by atoms with van der Waals surface area (Å²) >= 11 is 1.62. The summed E-state index contributed by atoms with van der Waals surface area (Å²) in [6.07, 6.45) is 6.26. The van der Waals surface area contributed by atoms with Crippen molar-refractivity contribution < 1.29 is 14.3 Å². The summed E-state index contributed by atoms with van der Waals surface area (Å²) in [6.45, 7) is 2.25. The Bertz CT molecular complexity index is 1230. The first kappa shape index (κ1) is 21.9. The number of amides is 2. The first-order valence-electron chi connectivity index (χ1n) is 11.4. The summed E-state index contributed by atoms with van der Waals surface area (Å²) in [7, 11) is 1.63. The largest absolute Gasteiger partial charge is 0.497 e. The number of ether oxygens (including phenoxy) is 1. The molecule has 6 nitrogen and oxygen atoms in total. The molecule has 0 saturated heterocycles. The summed E-state index contributed by atoms with van der Waals surface area (Å²) in [6, 6.07) is 15.7. The lowest BCUT2D eigenvalue weighted by Gasteiger charge is -2.44. The van der Waals surface area contributed by atoms with Gasteiger partial charge < -0.3 is 14.6 Å². The number of rotatable bonds is 5. The number of methoxy groups -OCH3 is 1. The molecule has 0 spiro atoms. The van der Waals surface area contributed by atoms with E-state index in [4.69, 9.17) is 4.74 Å². The zero-order valence-electron chi connectivity index (χ0n) is 19.3. The van der Waals surface area contributed by atoms with Crippen LogP contribution in [0.15, 0.2) is 53.4 Å². The summed E-state index contributed by atoms with van der Waals surface area (Å²) in [5, 5.41) is 4.21. The van der Waals surface area contributed by atoms with Gasteiger partial charge in [-0.15, -0.1) is 11.8 Å². The molecular formula is C26H29N3O3S. The van der Waals surface area contributed by atoms with Gasteiger partial charge >= 0.3 is 0 Å². The lowest BCUT2D eigenvalue weighted by molar-refractivity contribution is -0.127. The fourth-order valence-electron chi connectivity index (χ4n) is 5.16. The second-order valence-electron chi connectivity index (χ2n) is 9.11. The first-order valence-corrected chi connectivity index (χ1v) is 12.6. The number of fused-ring (bicyclic) bond motifs is 3. The van der Waals surface area contributed by atoms with Gasteiger partial charge in [0.2, 0.25) is 5.91 Å². The Labute approximate surface area is 198 Å². The van der Waals surface area contributed by atoms with Crippen LogP contribution in [0.3, 0.4) is 0 Å². The molecule has 33 heavy (non-hydrogen) atoms. The Morgan fingerprint density at radius 2 is 1.94 bits per heavy atom. The van der Waals surface area contributed by atoms with Gasteiger partial charge in [-0.05, 0) is 62.4 Å². The molecular weight excluding hydrogens is 434 g/mol. The monoisotopic (exact) mass is 463 g/mol. The van der Waals surface area contributed by atoms with Crippen molar-refractivity contribution in [2.24, 2.45) is 0 Å². The molecule has 1 aliphatic carbocycles. The highest BCUT2D eigenvalue weighted by atomic mass is 32.2. The molecule has 1 atom stereocenters. The van der Waals surface area contributed by atoms with E-state index in [9.17, 15) is 9.59 Å². The van der Waals surface area contributed by atoms with E-state index in [-0.39, 0.29) is 17.9 Å². The second-order valence-corrected chi connectivity index (χ2v) is 9.99. The van der Waals surface area contributed by atoms with Crippen molar-refractivity contribution >= 4 is 40.2 Å². The Morgan fingerprint density at radius 1 is 1.15 bits per heavy atom. The van der Waals surface area contributed by atoms with Crippen LogP contribution in [0.5, 0.6) is 5.75 Å². The van der Waals surface area contributed by atoms with Crippen LogP contribution in [0.4, 0.5) is 5.69 Å². The number of anilines is 1. The second kappa shape index (κ2) is 8.45. The third kappa shape index (κ3) is 3.68. The van der Waals surface area contributed by atoms with E-state index in [1.165, 1.54) is 0 Å². The molecule has 0 radical (unpaired) electrons. The van der Waals surface area contributed by atoms with E-state index < -0.39 is 5.54 Å². The van der Waals surface area contributed by atoms with Crippen LogP contribution in [0.2, 0.25) is 0 Å². The molecule has 0 bridgehead atoms. The highest BCUT2D eigenvalue weighted by Crippen LogP contribution is 2.38. The van der Waals surface area contributed by atoms with Crippen molar-refractivity contribution in [1.29, 1.82) is 0 Å². The van der Waals surface area contributed by atoms with E-state index in [0.717, 1.165) is 52.9 Å². The van der Waals surface area contributed by atoms with Crippen molar-refractivity contribution in [3.63, 3.8) is 0 Å². The first-order chi connectivity index (χ1) is 15.9. The van der Waals surface area contributed by atoms with E-state index in [0.29, 0.717) is 12.2 Å². The Morgan fingerprint density at radius 3 is 2.67 bits per heavy atom. The summed E-state index contributed by atoms with van der Waals surface area (Å²) < 4.78 is 7.40. The molecule has 1 N–H and O–H groups in total. The lowest BCUT2D eigenvalue weighted by Crippen LogP contribution is -2.65. The maximum atomic E-state index is 14.0. The van der Waals surface area contributed by atoms with Crippen molar-refractivity contribution in [1.82, 2.24) is 9.88 Å². The number of thioether (sulfide) groups is 1. The molecule has 1 aromatic heterocycles. The van der Waals surface area contributed by atoms with E-state index >= 15 is 0 Å². The number of carbonyl (C=O) groups is 2. The van der Waals surface area contributed by atoms with Crippen LogP contribution in [0.1, 0.15) is 43.1 Å². The minimum Gasteiger partial charge on any atom is -0.497 e. The number of hydrogen-bond acceptors (Lipinski definition) is 4. The van der Waals surface area contributed by atoms with E-state index in [1.54, 1.807) is 23.8 Å². The van der Waals surface area contributed by atoms with Gasteiger partial charge in [0.25, 0.3) is 5.91 Å². The smallest absolute Gasteiger partial charge is 0.275 e. The highest BCUT2D eigenvalue weighted by Gasteiger charge is 2.49. The zero-order chi connectivity index (χ0) is 23.2. The van der Waals surface area contributed by atoms with Gasteiger partial charge in [0, 0.05) is 28.1 Å². The number of benzene rings is 2. The average Bonchev–Trinajstić information content (AvgIpc) is 3.46. The predicted molar refractivity (Wildman–Crippen MR) is 132 cm³/mol. The van der Waals surface area contributed by atoms with E-state index in [1.807, 2.05) is 66.3 Å². The predicted octanol–water partition coefficient (Wildman–Crippen LogP) is 4.85. The van der Waals surface area contributed by atoms with Gasteiger partial charge in [0.1, 0.15) is 17.0 Å². The number of nitrogens with one attached hydrogen (secondary N) is 1. The lowest BCUT2D eigenvalue weighted by atomic mass is 9.93. The summed E-state index contributed by atoms with van der Waals surface area (Å²) in [4.78, 5) is 30.5. The van der Waals surface area contributed by atoms with Crippen LogP contribution in [0.25, 0.3) is 10.9 Å². The third-order valence-corrected chi connectivity index (χ3v) is 7.71. The van der Waals surface area contributed by atoms with Crippen LogP contribution in [0, 0.1) is 0 Å². The van der Waals surface area contributed by atoms with Gasteiger partial charge in [-0.3, -0.25) is 14.5 Å². The molecule has 2 heterocycles. The van der Waals surface area contributed by atoms with Crippen LogP contribution in [-0.2, 0) is 11.3 Å². The molecule has 1 aliphatic heterocycles. The Hall–Kier alpha value is -2.93. The molecule has 1 unspecified atom stereocenters. The summed E-state index contributed by atoms with van der Waals surface area (Å²) in [5.74, 6) is 0.453. The molecule has 7 heteroatoms. The third-order valence-electron chi connectivity index (χ3n) is 6.98. The van der Waals surface area contributed by atoms with Gasteiger partial charge in [0.15, 0.2) is 0 Å². The molecule has 3 aromatic rings. The molecule has 5 rings (SSSR count). The maximum Gasteiger partial charge on any atom is 0.275 e. The normalized spacial score (nSPS) is 20.8. The number of aromatic nitrogens is 1. The fourth-order valence-corrected chi connectivity index (χ4v) is 5.62. The maximum absolute atomic E-state index is 14.0. The SMILES string of the molecule is COc1ccc2cc3n(c2c1)CC(C)(C(=O)NC1CCCC1)N(c1cccc(SC)c1)C3=O. The molecule has 2 amide bonds. The molecule has 1 fully saturated rings. The van der Waals surface area contributed by atoms with Crippen LogP contribution >= 0.6 is 11.8 Å². The van der Waals surface area contributed by atoms with Crippen molar-refractivity contribution in [3.8, 4) is 5.75 Å². The topological polar surface area (TPSA) is 63.6 Å². The van der Waals surface area contributed by atoms with Crippen LogP contribution in [-0.4, -0.2) is 41.3 Å². The van der Waals surface area contributed by atoms with Gasteiger partial charge in [-0.25, -0.2) is 0 Å². The van der Waals surface area contributed by atoms with Crippen molar-refractivity contribution in [3.05, 3.63) is 54.2 Å². The van der Waals surface area contributed by atoms with Crippen molar-refractivity contribution in [2.75, 3.05) is 18.3 Å². The Kier molecular flexibility index (Phi) is 5.60. The minimum absolute atomic E-state index is 0.104. The van der Waals surface area contributed by atoms with Gasteiger partial charge in [-0.2, -0.15) is 0 Å². The molecule has 2 aliphatic rings. The molecule has 172 valence electrons. The summed E-state index contributed by atoms with van der Waals surface area (Å²) in [5.41, 5.74) is 1.15. The van der Waals surface area contributed by atoms with Crippen LogP contribution < -0.4 is 15.0 Å². The fraction of sp³-hybridized carbons (Fsp3) is 0.385.